The molecular formula is C47H43ClFN9O5. The van der Waals surface area contributed by atoms with E-state index in [9.17, 15) is 29.2 Å². The zero-order chi connectivity index (χ0) is 44.1. The Balaban J connectivity index is 0.762. The lowest BCUT2D eigenvalue weighted by molar-refractivity contribution is -0.136. The first-order chi connectivity index (χ1) is 30.3. The van der Waals surface area contributed by atoms with Crippen LogP contribution >= 0.6 is 11.6 Å². The largest absolute Gasteiger partial charge is 0.369 e. The minimum absolute atomic E-state index is 0.0698. The van der Waals surface area contributed by atoms with Gasteiger partial charge in [0.1, 0.15) is 23.6 Å². The van der Waals surface area contributed by atoms with Gasteiger partial charge in [0, 0.05) is 81.3 Å². The number of fused-ring (bicyclic) bond motifs is 4. The lowest BCUT2D eigenvalue weighted by Gasteiger charge is -2.44. The van der Waals surface area contributed by atoms with E-state index in [1.165, 1.54) is 0 Å². The third-order valence-electron chi connectivity index (χ3n) is 13.4. The summed E-state index contributed by atoms with van der Waals surface area (Å²) in [7, 11) is 0. The summed E-state index contributed by atoms with van der Waals surface area (Å²) in [4.78, 5) is 79.2. The molecule has 5 amide bonds. The fourth-order valence-corrected chi connectivity index (χ4v) is 10.2. The highest BCUT2D eigenvalue weighted by atomic mass is 35.5. The van der Waals surface area contributed by atoms with Crippen molar-refractivity contribution in [2.24, 2.45) is 5.92 Å². The van der Waals surface area contributed by atoms with Gasteiger partial charge in [-0.1, -0.05) is 17.7 Å². The number of piperidine rings is 1. The van der Waals surface area contributed by atoms with Gasteiger partial charge in [-0.05, 0) is 99.0 Å². The van der Waals surface area contributed by atoms with Gasteiger partial charge in [0.05, 0.1) is 38.5 Å². The lowest BCUT2D eigenvalue weighted by atomic mass is 9.85. The number of imide groups is 2. The molecule has 1 N–H and O–H groups in total. The Labute approximate surface area is 367 Å². The van der Waals surface area contributed by atoms with E-state index < -0.39 is 41.0 Å². The molecule has 3 aromatic carbocycles. The molecule has 0 spiro atoms. The molecule has 5 aliphatic rings. The maximum Gasteiger partial charge on any atom is 0.278 e. The van der Waals surface area contributed by atoms with E-state index in [2.05, 4.69) is 25.0 Å². The van der Waals surface area contributed by atoms with Crippen LogP contribution in [0.25, 0.3) is 22.0 Å². The SMILES string of the molecule is CCn1c2c(c3ccc(N4CCN(CC5CN(c6ccc(-c7ccc8c(c7)C(C)(C)C(=O)N8c7ccc(C#N)c(Cl)c7)c(F)n6)C5)CC4)cc31)C(=O)N(C1CCC(=O)NC1=O)C2=O. The highest BCUT2D eigenvalue weighted by Crippen LogP contribution is 2.47. The second-order valence-electron chi connectivity index (χ2n) is 17.5. The average molecular weight is 868 g/mol. The molecule has 3 saturated heterocycles. The van der Waals surface area contributed by atoms with Gasteiger partial charge in [0.25, 0.3) is 11.8 Å². The van der Waals surface area contributed by atoms with E-state index in [1.807, 2.05) is 67.8 Å². The third-order valence-corrected chi connectivity index (χ3v) is 13.7. The fraction of sp³-hybridized carbons (Fsp3) is 0.340. The number of hydrogen-bond acceptors (Lipinski definition) is 10. The summed E-state index contributed by atoms with van der Waals surface area (Å²) in [5.41, 5.74) is 4.81. The number of nitriles is 1. The van der Waals surface area contributed by atoms with Crippen molar-refractivity contribution >= 4 is 74.9 Å². The average Bonchev–Trinajstić information content (AvgIpc) is 3.79. The molecular weight excluding hydrogens is 825 g/mol. The molecule has 5 aliphatic heterocycles. The van der Waals surface area contributed by atoms with E-state index in [1.54, 1.807) is 35.2 Å². The quantitative estimate of drug-likeness (QED) is 0.145. The van der Waals surface area contributed by atoms with Gasteiger partial charge in [-0.2, -0.15) is 9.65 Å². The van der Waals surface area contributed by atoms with E-state index in [0.29, 0.717) is 57.3 Å². The van der Waals surface area contributed by atoms with Gasteiger partial charge in [0.15, 0.2) is 0 Å². The number of amides is 5. The van der Waals surface area contributed by atoms with Gasteiger partial charge >= 0.3 is 0 Å². The Kier molecular flexibility index (Phi) is 9.65. The standard InChI is InChI=1S/C47H43ClFN9O5/c1-4-56-37-21-29(8-9-32(37)40-41(56)45(62)58(44(40)61)36-12-14-39(59)52-43(36)60)54-17-15-53(16-18-54)23-26-24-55(25-26)38-13-10-31(42(49)51-38)27-6-11-35-33(19-27)47(2,3)46(63)57(35)30-7-5-28(22-50)34(48)20-30/h5-11,13,19-21,26,36H,4,12,14-18,23-25H2,1-3H3,(H,52,59,60). The molecule has 7 heterocycles. The van der Waals surface area contributed by atoms with Crippen LogP contribution in [0.4, 0.5) is 27.3 Å². The van der Waals surface area contributed by atoms with Gasteiger partial charge in [-0.3, -0.25) is 44.0 Å². The van der Waals surface area contributed by atoms with Crippen molar-refractivity contribution in [2.45, 2.75) is 51.6 Å². The van der Waals surface area contributed by atoms with Crippen molar-refractivity contribution in [1.82, 2.24) is 24.7 Å². The summed E-state index contributed by atoms with van der Waals surface area (Å²) in [6.07, 6.45) is 0.181. The van der Waals surface area contributed by atoms with Crippen LogP contribution in [-0.4, -0.2) is 101 Å². The molecule has 63 heavy (non-hydrogen) atoms. The lowest BCUT2D eigenvalue weighted by Crippen LogP contribution is -2.55. The number of aromatic nitrogens is 2. The van der Waals surface area contributed by atoms with Crippen LogP contribution in [-0.2, 0) is 26.3 Å². The highest BCUT2D eigenvalue weighted by molar-refractivity contribution is 6.32. The normalized spacial score (nSPS) is 20.1. The zero-order valence-corrected chi connectivity index (χ0v) is 35.7. The number of rotatable bonds is 8. The summed E-state index contributed by atoms with van der Waals surface area (Å²) in [6, 6.07) is 20.9. The number of pyridine rings is 1. The van der Waals surface area contributed by atoms with Crippen LogP contribution in [0.15, 0.2) is 66.7 Å². The predicted molar refractivity (Wildman–Crippen MR) is 235 cm³/mol. The minimum atomic E-state index is -1.01. The molecule has 3 fully saturated rings. The molecule has 0 saturated carbocycles. The number of nitrogens with one attached hydrogen (secondary N) is 1. The molecule has 1 unspecified atom stereocenters. The zero-order valence-electron chi connectivity index (χ0n) is 35.0. The number of nitrogens with zero attached hydrogens (tertiary/aromatic N) is 8. The van der Waals surface area contributed by atoms with Crippen LogP contribution in [0.1, 0.15) is 65.6 Å². The molecule has 0 aliphatic carbocycles. The topological polar surface area (TPSA) is 155 Å². The van der Waals surface area contributed by atoms with Gasteiger partial charge in [0.2, 0.25) is 23.7 Å². The number of carbonyl (C=O) groups is 5. The Bertz CT molecular complexity index is 2870. The number of aryl methyl sites for hydroxylation is 1. The number of anilines is 4. The van der Waals surface area contributed by atoms with Gasteiger partial charge in [-0.15, -0.1) is 0 Å². The summed E-state index contributed by atoms with van der Waals surface area (Å²) in [5.74, 6) is -1.77. The Hall–Kier alpha value is -6.63. The number of halogens is 2. The minimum Gasteiger partial charge on any atom is -0.369 e. The molecule has 14 nitrogen and oxygen atoms in total. The summed E-state index contributed by atoms with van der Waals surface area (Å²) in [6.45, 7) is 11.9. The fourth-order valence-electron chi connectivity index (χ4n) is 9.98. The third kappa shape index (κ3) is 6.45. The van der Waals surface area contributed by atoms with Crippen molar-refractivity contribution in [3.8, 4) is 17.2 Å². The van der Waals surface area contributed by atoms with E-state index in [0.717, 1.165) is 67.5 Å². The second kappa shape index (κ2) is 15.0. The number of piperazine rings is 1. The Morgan fingerprint density at radius 3 is 2.37 bits per heavy atom. The highest BCUT2D eigenvalue weighted by Gasteiger charge is 2.48. The number of benzene rings is 3. The maximum atomic E-state index is 15.8. The first kappa shape index (κ1) is 40.4. The Morgan fingerprint density at radius 2 is 1.67 bits per heavy atom. The van der Waals surface area contributed by atoms with Gasteiger partial charge in [-0.25, -0.2) is 4.98 Å². The van der Waals surface area contributed by atoms with Crippen LogP contribution in [0, 0.1) is 23.2 Å². The molecule has 10 rings (SSSR count). The summed E-state index contributed by atoms with van der Waals surface area (Å²) in [5, 5.41) is 12.5. The molecule has 5 aromatic rings. The summed E-state index contributed by atoms with van der Waals surface area (Å²) >= 11 is 6.32. The van der Waals surface area contributed by atoms with Crippen LogP contribution in [0.2, 0.25) is 5.02 Å². The van der Waals surface area contributed by atoms with Crippen LogP contribution < -0.4 is 20.0 Å². The van der Waals surface area contributed by atoms with E-state index >= 15 is 4.39 Å². The number of hydrogen-bond donors (Lipinski definition) is 1. The van der Waals surface area contributed by atoms with Crippen LogP contribution in [0.3, 0.4) is 0 Å². The molecule has 0 bridgehead atoms. The van der Waals surface area contributed by atoms with Crippen molar-refractivity contribution in [3.63, 3.8) is 0 Å². The van der Waals surface area contributed by atoms with E-state index in [4.69, 9.17) is 11.6 Å². The van der Waals surface area contributed by atoms with Crippen molar-refractivity contribution < 1.29 is 28.4 Å². The smallest absolute Gasteiger partial charge is 0.278 e. The second-order valence-corrected chi connectivity index (χ2v) is 17.9. The first-order valence-electron chi connectivity index (χ1n) is 21.2. The van der Waals surface area contributed by atoms with Crippen molar-refractivity contribution in [3.05, 3.63) is 100 Å². The van der Waals surface area contributed by atoms with E-state index in [-0.39, 0.29) is 29.5 Å². The Morgan fingerprint density at radius 1 is 0.905 bits per heavy atom. The van der Waals surface area contributed by atoms with Crippen molar-refractivity contribution in [2.75, 3.05) is 60.5 Å². The van der Waals surface area contributed by atoms with Crippen molar-refractivity contribution in [1.29, 1.82) is 5.26 Å². The monoisotopic (exact) mass is 867 g/mol. The molecule has 2 aromatic heterocycles. The molecule has 1 atom stereocenters. The molecule has 16 heteroatoms. The molecule has 320 valence electrons. The maximum absolute atomic E-state index is 15.8. The summed E-state index contributed by atoms with van der Waals surface area (Å²) < 4.78 is 17.6. The van der Waals surface area contributed by atoms with Crippen LogP contribution in [0.5, 0.6) is 0 Å². The number of carbonyl (C=O) groups excluding carboxylic acids is 5. The first-order valence-corrected chi connectivity index (χ1v) is 21.6. The predicted octanol–water partition coefficient (Wildman–Crippen LogP) is 6.00. The van der Waals surface area contributed by atoms with Gasteiger partial charge < -0.3 is 14.4 Å². The molecule has 0 radical (unpaired) electrons.